The number of halogens is 1. The molecular formula is C14H20ClN3O2. The van der Waals surface area contributed by atoms with Gasteiger partial charge in [-0.2, -0.15) is 0 Å². The van der Waals surface area contributed by atoms with Crippen LogP contribution in [0, 0.1) is 10.1 Å². The molecule has 0 spiro atoms. The fourth-order valence-corrected chi connectivity index (χ4v) is 2.80. The van der Waals surface area contributed by atoms with E-state index in [1.54, 1.807) is 6.07 Å². The van der Waals surface area contributed by atoms with Gasteiger partial charge in [-0.05, 0) is 38.4 Å². The molecule has 0 aliphatic carbocycles. The van der Waals surface area contributed by atoms with Crippen molar-refractivity contribution in [2.75, 3.05) is 25.0 Å². The number of non-ortho nitro benzene ring substituents is 1. The molecule has 20 heavy (non-hydrogen) atoms. The van der Waals surface area contributed by atoms with E-state index < -0.39 is 4.92 Å². The zero-order valence-electron chi connectivity index (χ0n) is 11.6. The van der Waals surface area contributed by atoms with E-state index >= 15 is 0 Å². The van der Waals surface area contributed by atoms with Gasteiger partial charge in [0, 0.05) is 24.7 Å². The predicted molar refractivity (Wildman–Crippen MR) is 81.5 cm³/mol. The monoisotopic (exact) mass is 297 g/mol. The summed E-state index contributed by atoms with van der Waals surface area (Å²) < 4.78 is 0. The molecule has 0 aromatic heterocycles. The third-order valence-electron chi connectivity index (χ3n) is 3.79. The lowest BCUT2D eigenvalue weighted by atomic mass is 10.1. The molecule has 1 N–H and O–H groups in total. The Labute approximate surface area is 124 Å². The molecule has 0 saturated carbocycles. The van der Waals surface area contributed by atoms with Gasteiger partial charge in [0.25, 0.3) is 5.69 Å². The number of nitrogens with zero attached hydrogens (tertiary/aromatic N) is 2. The van der Waals surface area contributed by atoms with Crippen molar-refractivity contribution >= 4 is 23.0 Å². The maximum atomic E-state index is 10.7. The number of nitrogens with one attached hydrogen (secondary N) is 1. The van der Waals surface area contributed by atoms with Gasteiger partial charge in [-0.1, -0.05) is 18.5 Å². The van der Waals surface area contributed by atoms with Crippen LogP contribution in [0.2, 0.25) is 5.02 Å². The van der Waals surface area contributed by atoms with Crippen molar-refractivity contribution in [3.05, 3.63) is 33.3 Å². The predicted octanol–water partition coefficient (Wildman–Crippen LogP) is 3.53. The molecule has 1 atom stereocenters. The number of nitro groups is 1. The molecule has 5 nitrogen and oxygen atoms in total. The van der Waals surface area contributed by atoms with E-state index in [1.807, 2.05) is 0 Å². The summed E-state index contributed by atoms with van der Waals surface area (Å²) in [5.41, 5.74) is 0.811. The van der Waals surface area contributed by atoms with Crippen LogP contribution in [-0.2, 0) is 0 Å². The summed E-state index contributed by atoms with van der Waals surface area (Å²) in [6, 6.07) is 4.97. The molecule has 1 aromatic rings. The van der Waals surface area contributed by atoms with Gasteiger partial charge in [0.15, 0.2) is 0 Å². The second-order valence-corrected chi connectivity index (χ2v) is 5.53. The van der Waals surface area contributed by atoms with Crippen LogP contribution in [-0.4, -0.2) is 35.5 Å². The highest BCUT2D eigenvalue weighted by molar-refractivity contribution is 6.33. The molecular weight excluding hydrogens is 278 g/mol. The Kier molecular flexibility index (Phi) is 5.20. The highest BCUT2D eigenvalue weighted by atomic mass is 35.5. The lowest BCUT2D eigenvalue weighted by Crippen LogP contribution is -2.26. The summed E-state index contributed by atoms with van der Waals surface area (Å²) in [4.78, 5) is 12.7. The standard InChI is InChI=1S/C14H20ClN3O2/c1-2-17-8-3-4-11(7-9-17)16-14-6-5-12(18(19)20)10-13(14)15/h5-6,10-11,16H,2-4,7-9H2,1H3. The number of likely N-dealkylation sites (tertiary alicyclic amines) is 1. The Balaban J connectivity index is 2.01. The minimum absolute atomic E-state index is 0.0265. The molecule has 1 fully saturated rings. The fraction of sp³-hybridized carbons (Fsp3) is 0.571. The van der Waals surface area contributed by atoms with E-state index in [9.17, 15) is 10.1 Å². The van der Waals surface area contributed by atoms with Gasteiger partial charge in [-0.15, -0.1) is 0 Å². The van der Waals surface area contributed by atoms with Crippen molar-refractivity contribution in [3.63, 3.8) is 0 Å². The molecule has 1 unspecified atom stereocenters. The zero-order chi connectivity index (χ0) is 14.5. The molecule has 1 saturated heterocycles. The summed E-state index contributed by atoms with van der Waals surface area (Å²) in [5, 5.41) is 14.5. The molecule has 2 rings (SSSR count). The molecule has 1 aliphatic rings. The molecule has 1 heterocycles. The minimum Gasteiger partial charge on any atom is -0.381 e. The van der Waals surface area contributed by atoms with Crippen LogP contribution in [0.15, 0.2) is 18.2 Å². The largest absolute Gasteiger partial charge is 0.381 e. The highest BCUT2D eigenvalue weighted by Crippen LogP contribution is 2.28. The van der Waals surface area contributed by atoms with Crippen LogP contribution in [0.4, 0.5) is 11.4 Å². The van der Waals surface area contributed by atoms with E-state index in [2.05, 4.69) is 17.1 Å². The maximum Gasteiger partial charge on any atom is 0.271 e. The molecule has 6 heteroatoms. The van der Waals surface area contributed by atoms with Crippen LogP contribution in [0.3, 0.4) is 0 Å². The quantitative estimate of drug-likeness (QED) is 0.682. The van der Waals surface area contributed by atoms with Crippen LogP contribution < -0.4 is 5.32 Å². The molecule has 1 aliphatic heterocycles. The average Bonchev–Trinajstić information content (AvgIpc) is 2.66. The van der Waals surface area contributed by atoms with Crippen LogP contribution >= 0.6 is 11.6 Å². The number of rotatable bonds is 4. The van der Waals surface area contributed by atoms with E-state index in [4.69, 9.17) is 11.6 Å². The number of hydrogen-bond donors (Lipinski definition) is 1. The van der Waals surface area contributed by atoms with Crippen molar-refractivity contribution in [1.82, 2.24) is 4.90 Å². The number of nitro benzene ring substituents is 1. The maximum absolute atomic E-state index is 10.7. The lowest BCUT2D eigenvalue weighted by Gasteiger charge is -2.19. The minimum atomic E-state index is -0.430. The van der Waals surface area contributed by atoms with Crippen LogP contribution in [0.25, 0.3) is 0 Å². The molecule has 1 aromatic carbocycles. The topological polar surface area (TPSA) is 58.4 Å². The summed E-state index contributed by atoms with van der Waals surface area (Å²) in [6.07, 6.45) is 3.33. The molecule has 110 valence electrons. The Bertz CT molecular complexity index is 481. The number of benzene rings is 1. The summed E-state index contributed by atoms with van der Waals surface area (Å²) >= 11 is 6.11. The van der Waals surface area contributed by atoms with Crippen molar-refractivity contribution < 1.29 is 4.92 Å². The van der Waals surface area contributed by atoms with Gasteiger partial charge in [0.05, 0.1) is 15.6 Å². The SMILES string of the molecule is CCN1CCCC(Nc2ccc([N+](=O)[O-])cc2Cl)CC1. The number of hydrogen-bond acceptors (Lipinski definition) is 4. The third-order valence-corrected chi connectivity index (χ3v) is 4.10. The van der Waals surface area contributed by atoms with Crippen molar-refractivity contribution in [2.45, 2.75) is 32.2 Å². The highest BCUT2D eigenvalue weighted by Gasteiger charge is 2.17. The van der Waals surface area contributed by atoms with E-state index in [-0.39, 0.29) is 5.69 Å². The first-order valence-electron chi connectivity index (χ1n) is 7.03. The summed E-state index contributed by atoms with van der Waals surface area (Å²) in [5.74, 6) is 0. The van der Waals surface area contributed by atoms with Crippen molar-refractivity contribution in [2.24, 2.45) is 0 Å². The van der Waals surface area contributed by atoms with Gasteiger partial charge in [-0.3, -0.25) is 10.1 Å². The first-order valence-corrected chi connectivity index (χ1v) is 7.40. The van der Waals surface area contributed by atoms with Gasteiger partial charge >= 0.3 is 0 Å². The van der Waals surface area contributed by atoms with E-state index in [0.717, 1.165) is 44.6 Å². The first kappa shape index (κ1) is 15.1. The Hall–Kier alpha value is -1.33. The van der Waals surface area contributed by atoms with Crippen LogP contribution in [0.1, 0.15) is 26.2 Å². The van der Waals surface area contributed by atoms with E-state index in [0.29, 0.717) is 11.1 Å². The van der Waals surface area contributed by atoms with Crippen molar-refractivity contribution in [1.29, 1.82) is 0 Å². The molecule has 0 radical (unpaired) electrons. The third kappa shape index (κ3) is 3.84. The first-order chi connectivity index (χ1) is 9.60. The Morgan fingerprint density at radius 3 is 2.90 bits per heavy atom. The number of anilines is 1. The summed E-state index contributed by atoms with van der Waals surface area (Å²) in [7, 11) is 0. The van der Waals surface area contributed by atoms with Gasteiger partial charge < -0.3 is 10.2 Å². The lowest BCUT2D eigenvalue weighted by molar-refractivity contribution is -0.384. The van der Waals surface area contributed by atoms with E-state index in [1.165, 1.54) is 12.1 Å². The average molecular weight is 298 g/mol. The second kappa shape index (κ2) is 6.90. The molecule has 0 bridgehead atoms. The fourth-order valence-electron chi connectivity index (χ4n) is 2.57. The normalized spacial score (nSPS) is 20.4. The van der Waals surface area contributed by atoms with Crippen LogP contribution in [0.5, 0.6) is 0 Å². The smallest absolute Gasteiger partial charge is 0.271 e. The Morgan fingerprint density at radius 1 is 1.45 bits per heavy atom. The zero-order valence-corrected chi connectivity index (χ0v) is 12.4. The van der Waals surface area contributed by atoms with Gasteiger partial charge in [0.2, 0.25) is 0 Å². The Morgan fingerprint density at radius 2 is 2.25 bits per heavy atom. The van der Waals surface area contributed by atoms with Gasteiger partial charge in [0.1, 0.15) is 0 Å². The second-order valence-electron chi connectivity index (χ2n) is 5.13. The van der Waals surface area contributed by atoms with Gasteiger partial charge in [-0.25, -0.2) is 0 Å². The van der Waals surface area contributed by atoms with Crippen molar-refractivity contribution in [3.8, 4) is 0 Å². The summed E-state index contributed by atoms with van der Waals surface area (Å²) in [6.45, 7) is 5.49. The molecule has 0 amide bonds.